The summed E-state index contributed by atoms with van der Waals surface area (Å²) in [6.45, 7) is 0. The molecule has 0 aliphatic rings. The normalized spacial score (nSPS) is 11.8. The van der Waals surface area contributed by atoms with Gasteiger partial charge in [0.1, 0.15) is 18.2 Å². The van der Waals surface area contributed by atoms with E-state index < -0.39 is 6.04 Å². The first-order valence-corrected chi connectivity index (χ1v) is 10.8. The molecule has 0 spiro atoms. The Labute approximate surface area is 193 Å². The van der Waals surface area contributed by atoms with E-state index in [0.717, 1.165) is 27.9 Å². The Hall–Kier alpha value is -4.25. The third-order valence-corrected chi connectivity index (χ3v) is 5.23. The number of rotatable bonds is 8. The van der Waals surface area contributed by atoms with Gasteiger partial charge in [-0.1, -0.05) is 97.1 Å². The van der Waals surface area contributed by atoms with Gasteiger partial charge in [-0.15, -0.1) is 0 Å². The number of anilines is 1. The number of methoxy groups -OCH3 is 1. The van der Waals surface area contributed by atoms with E-state index in [1.165, 1.54) is 13.4 Å². The third kappa shape index (κ3) is 6.14. The van der Waals surface area contributed by atoms with Crippen LogP contribution in [-0.4, -0.2) is 29.1 Å². The van der Waals surface area contributed by atoms with Gasteiger partial charge in [-0.2, -0.15) is 0 Å². The number of ether oxygens (including phenoxy) is 1. The van der Waals surface area contributed by atoms with E-state index in [0.29, 0.717) is 12.2 Å². The van der Waals surface area contributed by atoms with Gasteiger partial charge in [-0.05, 0) is 16.7 Å². The summed E-state index contributed by atoms with van der Waals surface area (Å²) in [6.07, 6.45) is 6.16. The number of carbonyl (C=O) groups excluding carboxylic acids is 1. The van der Waals surface area contributed by atoms with E-state index in [1.54, 1.807) is 0 Å². The van der Waals surface area contributed by atoms with Crippen LogP contribution in [0, 0.1) is 0 Å². The van der Waals surface area contributed by atoms with Crippen molar-refractivity contribution in [2.45, 2.75) is 12.5 Å². The fraction of sp³-hybridized carbons (Fsp3) is 0.107. The Kier molecular flexibility index (Phi) is 7.23. The zero-order chi connectivity index (χ0) is 22.9. The largest absolute Gasteiger partial charge is 0.467 e. The van der Waals surface area contributed by atoms with Crippen molar-refractivity contribution in [3.05, 3.63) is 114 Å². The molecule has 0 aliphatic heterocycles. The van der Waals surface area contributed by atoms with Crippen LogP contribution < -0.4 is 5.32 Å². The molecule has 33 heavy (non-hydrogen) atoms. The maximum Gasteiger partial charge on any atom is 0.328 e. The van der Waals surface area contributed by atoms with E-state index in [9.17, 15) is 4.79 Å². The highest BCUT2D eigenvalue weighted by atomic mass is 16.5. The van der Waals surface area contributed by atoms with Gasteiger partial charge < -0.3 is 10.1 Å². The van der Waals surface area contributed by atoms with E-state index in [-0.39, 0.29) is 5.97 Å². The molecule has 1 aromatic heterocycles. The lowest BCUT2D eigenvalue weighted by Crippen LogP contribution is -2.33. The van der Waals surface area contributed by atoms with Gasteiger partial charge in [0.15, 0.2) is 0 Å². The SMILES string of the molecule is COC(=O)[C@H](Cc1ccccc1)Nc1cc(-c2ccc(/C=C/c3ccccc3)cc2)ncn1. The van der Waals surface area contributed by atoms with Gasteiger partial charge in [0.25, 0.3) is 0 Å². The maximum absolute atomic E-state index is 12.3. The van der Waals surface area contributed by atoms with Crippen LogP contribution in [0.2, 0.25) is 0 Å². The first-order valence-electron chi connectivity index (χ1n) is 10.8. The minimum atomic E-state index is -0.550. The molecular weight excluding hydrogens is 410 g/mol. The average molecular weight is 436 g/mol. The second kappa shape index (κ2) is 10.9. The number of nitrogens with zero attached hydrogens (tertiary/aromatic N) is 2. The van der Waals surface area contributed by atoms with Crippen molar-refractivity contribution in [3.63, 3.8) is 0 Å². The quantitative estimate of drug-likeness (QED) is 0.292. The molecule has 5 heteroatoms. The average Bonchev–Trinajstić information content (AvgIpc) is 2.88. The van der Waals surface area contributed by atoms with Crippen LogP contribution in [0.25, 0.3) is 23.4 Å². The summed E-state index contributed by atoms with van der Waals surface area (Å²) in [4.78, 5) is 21.0. The molecule has 164 valence electrons. The van der Waals surface area contributed by atoms with Crippen molar-refractivity contribution in [2.75, 3.05) is 12.4 Å². The Balaban J connectivity index is 1.48. The third-order valence-electron chi connectivity index (χ3n) is 5.23. The van der Waals surface area contributed by atoms with Crippen LogP contribution in [0.3, 0.4) is 0 Å². The predicted molar refractivity (Wildman–Crippen MR) is 132 cm³/mol. The molecule has 3 aromatic carbocycles. The van der Waals surface area contributed by atoms with Crippen LogP contribution in [0.15, 0.2) is 97.3 Å². The Bertz CT molecular complexity index is 1210. The molecule has 1 N–H and O–H groups in total. The minimum absolute atomic E-state index is 0.339. The van der Waals surface area contributed by atoms with Crippen molar-refractivity contribution in [1.29, 1.82) is 0 Å². The molecule has 4 aromatic rings. The van der Waals surface area contributed by atoms with Crippen LogP contribution in [0.4, 0.5) is 5.82 Å². The van der Waals surface area contributed by atoms with Gasteiger partial charge in [0.05, 0.1) is 12.8 Å². The highest BCUT2D eigenvalue weighted by Gasteiger charge is 2.20. The molecular formula is C28H25N3O2. The number of carbonyl (C=O) groups is 1. The van der Waals surface area contributed by atoms with Crippen molar-refractivity contribution < 1.29 is 9.53 Å². The summed E-state index contributed by atoms with van der Waals surface area (Å²) in [6, 6.07) is 29.5. The second-order valence-corrected chi connectivity index (χ2v) is 7.56. The first-order chi connectivity index (χ1) is 16.2. The van der Waals surface area contributed by atoms with E-state index in [4.69, 9.17) is 4.74 Å². The minimum Gasteiger partial charge on any atom is -0.467 e. The fourth-order valence-electron chi connectivity index (χ4n) is 3.48. The molecule has 4 rings (SSSR count). The zero-order valence-corrected chi connectivity index (χ0v) is 18.4. The number of hydrogen-bond donors (Lipinski definition) is 1. The lowest BCUT2D eigenvalue weighted by Gasteiger charge is -2.17. The monoisotopic (exact) mass is 435 g/mol. The smallest absolute Gasteiger partial charge is 0.328 e. The molecule has 1 heterocycles. The van der Waals surface area contributed by atoms with E-state index in [2.05, 4.69) is 51.7 Å². The summed E-state index contributed by atoms with van der Waals surface area (Å²) in [5, 5.41) is 3.20. The number of benzene rings is 3. The zero-order valence-electron chi connectivity index (χ0n) is 18.4. The Morgan fingerprint density at radius 1 is 0.879 bits per heavy atom. The van der Waals surface area contributed by atoms with E-state index >= 15 is 0 Å². The van der Waals surface area contributed by atoms with Crippen LogP contribution in [-0.2, 0) is 16.0 Å². The fourth-order valence-corrected chi connectivity index (χ4v) is 3.48. The number of esters is 1. The molecule has 0 saturated carbocycles. The molecule has 0 aliphatic carbocycles. The van der Waals surface area contributed by atoms with Crippen LogP contribution in [0.5, 0.6) is 0 Å². The predicted octanol–water partition coefficient (Wildman–Crippen LogP) is 5.51. The van der Waals surface area contributed by atoms with Gasteiger partial charge in [-0.3, -0.25) is 0 Å². The van der Waals surface area contributed by atoms with Crippen molar-refractivity contribution >= 4 is 23.9 Å². The van der Waals surface area contributed by atoms with Crippen LogP contribution >= 0.6 is 0 Å². The Morgan fingerprint density at radius 2 is 1.52 bits per heavy atom. The van der Waals surface area contributed by atoms with Crippen molar-refractivity contribution in [2.24, 2.45) is 0 Å². The van der Waals surface area contributed by atoms with Gasteiger partial charge in [-0.25, -0.2) is 14.8 Å². The summed E-state index contributed by atoms with van der Waals surface area (Å²) in [5.41, 5.74) is 5.03. The van der Waals surface area contributed by atoms with E-state index in [1.807, 2.05) is 66.7 Å². The topological polar surface area (TPSA) is 64.1 Å². The molecule has 5 nitrogen and oxygen atoms in total. The highest BCUT2D eigenvalue weighted by molar-refractivity contribution is 5.79. The van der Waals surface area contributed by atoms with Crippen LogP contribution in [0.1, 0.15) is 16.7 Å². The first kappa shape index (κ1) is 22.0. The van der Waals surface area contributed by atoms with Gasteiger partial charge >= 0.3 is 5.97 Å². The molecule has 0 bridgehead atoms. The highest BCUT2D eigenvalue weighted by Crippen LogP contribution is 2.21. The molecule has 0 amide bonds. The molecule has 0 unspecified atom stereocenters. The molecule has 0 radical (unpaired) electrons. The molecule has 0 fully saturated rings. The lowest BCUT2D eigenvalue weighted by molar-refractivity contribution is -0.141. The maximum atomic E-state index is 12.3. The summed E-state index contributed by atoms with van der Waals surface area (Å²) >= 11 is 0. The lowest BCUT2D eigenvalue weighted by atomic mass is 10.1. The summed E-state index contributed by atoms with van der Waals surface area (Å²) in [5.74, 6) is 0.230. The van der Waals surface area contributed by atoms with Gasteiger partial charge in [0.2, 0.25) is 0 Å². The summed E-state index contributed by atoms with van der Waals surface area (Å²) in [7, 11) is 1.39. The number of hydrogen-bond acceptors (Lipinski definition) is 5. The second-order valence-electron chi connectivity index (χ2n) is 7.56. The molecule has 0 saturated heterocycles. The summed E-state index contributed by atoms with van der Waals surface area (Å²) < 4.78 is 4.99. The molecule has 1 atom stereocenters. The van der Waals surface area contributed by atoms with Gasteiger partial charge in [0, 0.05) is 18.1 Å². The van der Waals surface area contributed by atoms with Crippen molar-refractivity contribution in [3.8, 4) is 11.3 Å². The standard InChI is InChI=1S/C28H25N3O2/c1-33-28(32)26(18-23-10-6-3-7-11-23)31-27-19-25(29-20-30-27)24-16-14-22(15-17-24)13-12-21-8-4-2-5-9-21/h2-17,19-20,26H,18H2,1H3,(H,29,30,31)/b13-12+/t26-/m0/s1. The van der Waals surface area contributed by atoms with Crippen molar-refractivity contribution in [1.82, 2.24) is 9.97 Å². The number of nitrogens with one attached hydrogen (secondary N) is 1. The number of aromatic nitrogens is 2. The Morgan fingerprint density at radius 3 is 2.18 bits per heavy atom.